The third-order valence-electron chi connectivity index (χ3n) is 6.33. The molecule has 2 aromatic carbocycles. The van der Waals surface area contributed by atoms with Gasteiger partial charge in [-0.1, -0.05) is 6.92 Å². The number of nitrogens with zero attached hydrogens (tertiary/aromatic N) is 3. The van der Waals surface area contributed by atoms with Gasteiger partial charge in [-0.2, -0.15) is 4.98 Å². The van der Waals surface area contributed by atoms with Crippen molar-refractivity contribution in [2.75, 3.05) is 43.6 Å². The van der Waals surface area contributed by atoms with Gasteiger partial charge in [-0.25, -0.2) is 4.98 Å². The first kappa shape index (κ1) is 20.6. The Hall–Kier alpha value is -3.32. The monoisotopic (exact) mass is 431 g/mol. The van der Waals surface area contributed by atoms with Gasteiger partial charge < -0.3 is 24.7 Å². The highest BCUT2D eigenvalue weighted by molar-refractivity contribution is 5.95. The molecule has 166 valence electrons. The van der Waals surface area contributed by atoms with Crippen LogP contribution in [0.4, 0.5) is 17.5 Å². The maximum atomic E-state index is 5.66. The summed E-state index contributed by atoms with van der Waals surface area (Å²) in [4.78, 5) is 15.5. The summed E-state index contributed by atoms with van der Waals surface area (Å²) in [6.45, 7) is 9.33. The van der Waals surface area contributed by atoms with Crippen LogP contribution in [-0.4, -0.2) is 48.4 Å². The summed E-state index contributed by atoms with van der Waals surface area (Å²) in [5, 5.41) is 5.72. The summed E-state index contributed by atoms with van der Waals surface area (Å²) in [6.07, 6.45) is 0.877. The second-order valence-electron chi connectivity index (χ2n) is 8.27. The van der Waals surface area contributed by atoms with Crippen molar-refractivity contribution in [1.29, 1.82) is 0 Å². The number of hydrogen-bond donors (Lipinski definition) is 2. The van der Waals surface area contributed by atoms with E-state index in [-0.39, 0.29) is 0 Å². The lowest BCUT2D eigenvalue weighted by Gasteiger charge is -2.27. The molecule has 2 N–H and O–H groups in total. The highest BCUT2D eigenvalue weighted by Gasteiger charge is 2.18. The zero-order chi connectivity index (χ0) is 22.2. The summed E-state index contributed by atoms with van der Waals surface area (Å²) in [6, 6.07) is 10.5. The van der Waals surface area contributed by atoms with Gasteiger partial charge in [0.25, 0.3) is 0 Å². The van der Waals surface area contributed by atoms with Gasteiger partial charge in [-0.05, 0) is 61.7 Å². The molecule has 1 aliphatic heterocycles. The molecule has 1 saturated heterocycles. The summed E-state index contributed by atoms with van der Waals surface area (Å²) in [7, 11) is 1.71. The molecule has 7 nitrogen and oxygen atoms in total. The molecule has 0 amide bonds. The number of aryl methyl sites for hydroxylation is 3. The van der Waals surface area contributed by atoms with Gasteiger partial charge in [-0.3, -0.25) is 0 Å². The smallest absolute Gasteiger partial charge is 0.228 e. The number of morpholine rings is 1. The van der Waals surface area contributed by atoms with E-state index in [9.17, 15) is 0 Å². The summed E-state index contributed by atoms with van der Waals surface area (Å²) >= 11 is 0. The van der Waals surface area contributed by atoms with Crippen LogP contribution >= 0.6 is 0 Å². The Balaban J connectivity index is 1.64. The summed E-state index contributed by atoms with van der Waals surface area (Å²) < 4.78 is 11.2. The number of ether oxygens (including phenoxy) is 2. The molecule has 3 heterocycles. The molecule has 2 aromatic heterocycles. The van der Waals surface area contributed by atoms with E-state index < -0.39 is 0 Å². The van der Waals surface area contributed by atoms with Crippen molar-refractivity contribution < 1.29 is 9.47 Å². The first-order chi connectivity index (χ1) is 15.6. The van der Waals surface area contributed by atoms with Gasteiger partial charge in [0.1, 0.15) is 11.6 Å². The molecule has 0 radical (unpaired) electrons. The highest BCUT2D eigenvalue weighted by Crippen LogP contribution is 2.33. The lowest BCUT2D eigenvalue weighted by molar-refractivity contribution is 0.122. The van der Waals surface area contributed by atoms with Crippen molar-refractivity contribution in [3.63, 3.8) is 0 Å². The van der Waals surface area contributed by atoms with Crippen LogP contribution in [-0.2, 0) is 11.2 Å². The average Bonchev–Trinajstić information content (AvgIpc) is 3.11. The van der Waals surface area contributed by atoms with E-state index in [2.05, 4.69) is 60.2 Å². The van der Waals surface area contributed by atoms with Crippen LogP contribution < -0.4 is 15.0 Å². The van der Waals surface area contributed by atoms with E-state index in [1.807, 2.05) is 6.07 Å². The fourth-order valence-electron chi connectivity index (χ4n) is 4.33. The number of fused-ring (bicyclic) bond motifs is 2. The predicted octanol–water partition coefficient (Wildman–Crippen LogP) is 4.88. The molecule has 0 atom stereocenters. The van der Waals surface area contributed by atoms with Crippen LogP contribution in [0.15, 0.2) is 30.3 Å². The van der Waals surface area contributed by atoms with Crippen molar-refractivity contribution >= 4 is 39.3 Å². The molecule has 0 unspecified atom stereocenters. The van der Waals surface area contributed by atoms with Crippen molar-refractivity contribution in [1.82, 2.24) is 15.0 Å². The molecule has 7 heteroatoms. The number of hydrogen-bond acceptors (Lipinski definition) is 6. The second-order valence-corrected chi connectivity index (χ2v) is 8.27. The van der Waals surface area contributed by atoms with Gasteiger partial charge in [0.2, 0.25) is 5.95 Å². The fourth-order valence-corrected chi connectivity index (χ4v) is 4.33. The normalized spacial score (nSPS) is 14.3. The van der Waals surface area contributed by atoms with Crippen LogP contribution in [0.25, 0.3) is 21.8 Å². The number of aromatic nitrogens is 3. The Labute approximate surface area is 187 Å². The number of methoxy groups -OCH3 is 1. The van der Waals surface area contributed by atoms with Gasteiger partial charge in [0.15, 0.2) is 0 Å². The van der Waals surface area contributed by atoms with Gasteiger partial charge in [-0.15, -0.1) is 0 Å². The number of H-pyrrole nitrogens is 1. The Kier molecular flexibility index (Phi) is 5.35. The lowest BCUT2D eigenvalue weighted by atomic mass is 10.1. The molecule has 0 saturated carbocycles. The van der Waals surface area contributed by atoms with E-state index in [4.69, 9.17) is 19.4 Å². The van der Waals surface area contributed by atoms with E-state index in [1.165, 1.54) is 16.6 Å². The zero-order valence-corrected chi connectivity index (χ0v) is 19.1. The third kappa shape index (κ3) is 3.62. The number of anilines is 3. The average molecular weight is 432 g/mol. The minimum atomic E-state index is 0.690. The maximum Gasteiger partial charge on any atom is 0.228 e. The molecule has 32 heavy (non-hydrogen) atoms. The van der Waals surface area contributed by atoms with E-state index >= 15 is 0 Å². The largest absolute Gasteiger partial charge is 0.496 e. The Bertz CT molecular complexity index is 1290. The summed E-state index contributed by atoms with van der Waals surface area (Å²) in [5.74, 6) is 2.37. The SMILES string of the molecule is CCc1cc2nc(N3CCOCC3)nc(Nc3ccc4[nH]c(C)c(C)c4c3)c2cc1OC. The molecule has 0 spiro atoms. The molecule has 1 fully saturated rings. The highest BCUT2D eigenvalue weighted by atomic mass is 16.5. The van der Waals surface area contributed by atoms with Crippen LogP contribution in [0.3, 0.4) is 0 Å². The minimum Gasteiger partial charge on any atom is -0.496 e. The summed E-state index contributed by atoms with van der Waals surface area (Å²) in [5.41, 5.74) is 6.64. The molecule has 0 bridgehead atoms. The standard InChI is InChI=1S/C25H29N5O2/c1-5-17-12-22-20(14-23(17)31-4)24(29-25(28-22)30-8-10-32-11-9-30)27-18-6-7-21-19(13-18)15(2)16(3)26-21/h6-7,12-14,26H,5,8-11H2,1-4H3,(H,27,28,29). The molecule has 5 rings (SSSR count). The van der Waals surface area contributed by atoms with Gasteiger partial charge >= 0.3 is 0 Å². The minimum absolute atomic E-state index is 0.690. The van der Waals surface area contributed by atoms with E-state index in [0.717, 1.165) is 64.7 Å². The molecule has 1 aliphatic rings. The van der Waals surface area contributed by atoms with Crippen LogP contribution in [0.5, 0.6) is 5.75 Å². The van der Waals surface area contributed by atoms with Crippen LogP contribution in [0.2, 0.25) is 0 Å². The van der Waals surface area contributed by atoms with Crippen molar-refractivity contribution in [3.8, 4) is 5.75 Å². The maximum absolute atomic E-state index is 5.66. The van der Waals surface area contributed by atoms with E-state index in [1.54, 1.807) is 7.11 Å². The molecule has 0 aliphatic carbocycles. The Morgan fingerprint density at radius 1 is 1.09 bits per heavy atom. The molecular formula is C25H29N5O2. The van der Waals surface area contributed by atoms with Crippen LogP contribution in [0, 0.1) is 13.8 Å². The lowest BCUT2D eigenvalue weighted by Crippen LogP contribution is -2.37. The topological polar surface area (TPSA) is 75.3 Å². The number of benzene rings is 2. The quantitative estimate of drug-likeness (QED) is 0.469. The van der Waals surface area contributed by atoms with Crippen molar-refractivity contribution in [3.05, 3.63) is 47.2 Å². The zero-order valence-electron chi connectivity index (χ0n) is 19.1. The molecule has 4 aromatic rings. The van der Waals surface area contributed by atoms with Crippen molar-refractivity contribution in [2.24, 2.45) is 0 Å². The van der Waals surface area contributed by atoms with Gasteiger partial charge in [0, 0.05) is 40.8 Å². The number of aromatic amines is 1. The van der Waals surface area contributed by atoms with Crippen LogP contribution in [0.1, 0.15) is 23.7 Å². The first-order valence-corrected chi connectivity index (χ1v) is 11.1. The first-order valence-electron chi connectivity index (χ1n) is 11.1. The third-order valence-corrected chi connectivity index (χ3v) is 6.33. The predicted molar refractivity (Wildman–Crippen MR) is 130 cm³/mol. The van der Waals surface area contributed by atoms with Gasteiger partial charge in [0.05, 0.1) is 25.8 Å². The molecular weight excluding hydrogens is 402 g/mol. The van der Waals surface area contributed by atoms with E-state index in [0.29, 0.717) is 13.2 Å². The Morgan fingerprint density at radius 3 is 2.66 bits per heavy atom. The second kappa shape index (κ2) is 8.31. The number of nitrogens with one attached hydrogen (secondary N) is 2. The fraction of sp³-hybridized carbons (Fsp3) is 0.360. The number of rotatable bonds is 5. The Morgan fingerprint density at radius 2 is 1.91 bits per heavy atom. The van der Waals surface area contributed by atoms with Crippen molar-refractivity contribution in [2.45, 2.75) is 27.2 Å².